The molecule has 0 aromatic rings. The van der Waals surface area contributed by atoms with Crippen LogP contribution in [0.5, 0.6) is 0 Å². The normalized spacial score (nSPS) is 23.1. The van der Waals surface area contributed by atoms with E-state index in [1.54, 1.807) is 21.5 Å². The average Bonchev–Trinajstić information content (AvgIpc) is 1.97. The van der Waals surface area contributed by atoms with E-state index in [4.69, 9.17) is 0 Å². The predicted molar refractivity (Wildman–Crippen MR) is 71.7 cm³/mol. The fourth-order valence-corrected chi connectivity index (χ4v) is 15.4. The van der Waals surface area contributed by atoms with Crippen molar-refractivity contribution in [1.29, 1.82) is 0 Å². The van der Waals surface area contributed by atoms with Gasteiger partial charge in [-0.15, -0.1) is 0 Å². The number of rotatable bonds is 0. The maximum Gasteiger partial charge on any atom is 0.0789 e. The fraction of sp³-hybridized carbons (Fsp3) is 0.667. The van der Waals surface area contributed by atoms with Crippen LogP contribution in [0.4, 0.5) is 0 Å². The zero-order valence-corrected chi connectivity index (χ0v) is 13.0. The molecule has 0 bridgehead atoms. The van der Waals surface area contributed by atoms with Gasteiger partial charge in [0, 0.05) is 0 Å². The summed E-state index contributed by atoms with van der Waals surface area (Å²) < 4.78 is 0. The first-order chi connectivity index (χ1) is 6.14. The Balaban J connectivity index is 3.39. The SMILES string of the molecule is CC(C)=C1C(=C(C)C)[Si](C)(C)[Si]1(C)C. The molecule has 0 unspecified atom stereocenters. The quantitative estimate of drug-likeness (QED) is 0.540. The summed E-state index contributed by atoms with van der Waals surface area (Å²) in [5, 5.41) is 3.57. The van der Waals surface area contributed by atoms with Crippen molar-refractivity contribution in [3.8, 4) is 0 Å². The molecule has 0 atom stereocenters. The van der Waals surface area contributed by atoms with Gasteiger partial charge in [-0.05, 0) is 27.7 Å². The molecule has 0 spiro atoms. The van der Waals surface area contributed by atoms with Gasteiger partial charge < -0.3 is 0 Å². The van der Waals surface area contributed by atoms with E-state index in [0.717, 1.165) is 0 Å². The van der Waals surface area contributed by atoms with Crippen LogP contribution in [0.2, 0.25) is 26.2 Å². The van der Waals surface area contributed by atoms with Crippen molar-refractivity contribution in [2.45, 2.75) is 53.9 Å². The maximum absolute atomic E-state index is 2.56. The summed E-state index contributed by atoms with van der Waals surface area (Å²) >= 11 is 0. The Bertz CT molecular complexity index is 288. The highest BCUT2D eigenvalue weighted by Gasteiger charge is 2.57. The number of allylic oxidation sites excluding steroid dienone is 4. The molecule has 0 nitrogen and oxygen atoms in total. The van der Waals surface area contributed by atoms with Crippen molar-refractivity contribution >= 4 is 15.2 Å². The minimum absolute atomic E-state index is 1.04. The highest BCUT2D eigenvalue weighted by atomic mass is 29.3. The average molecular weight is 224 g/mol. The summed E-state index contributed by atoms with van der Waals surface area (Å²) in [4.78, 5) is 0. The smallest absolute Gasteiger partial charge is 0.0776 e. The maximum atomic E-state index is 2.56. The van der Waals surface area contributed by atoms with E-state index in [2.05, 4.69) is 53.9 Å². The van der Waals surface area contributed by atoms with E-state index in [1.165, 1.54) is 0 Å². The molecule has 1 fully saturated rings. The van der Waals surface area contributed by atoms with Crippen LogP contribution in [0.1, 0.15) is 27.7 Å². The Kier molecular flexibility index (Phi) is 2.74. The number of hydrogen-bond acceptors (Lipinski definition) is 0. The summed E-state index contributed by atoms with van der Waals surface area (Å²) in [5.74, 6) is 0. The molecule has 1 aliphatic rings. The van der Waals surface area contributed by atoms with Crippen LogP contribution in [0.15, 0.2) is 21.5 Å². The lowest BCUT2D eigenvalue weighted by Gasteiger charge is -2.56. The van der Waals surface area contributed by atoms with Crippen molar-refractivity contribution in [1.82, 2.24) is 0 Å². The first-order valence-electron chi connectivity index (χ1n) is 5.50. The largest absolute Gasteiger partial charge is 0.0789 e. The second-order valence-corrected chi connectivity index (χ2v) is 21.0. The van der Waals surface area contributed by atoms with Gasteiger partial charge in [-0.3, -0.25) is 0 Å². The van der Waals surface area contributed by atoms with Crippen molar-refractivity contribution in [2.24, 2.45) is 0 Å². The van der Waals surface area contributed by atoms with E-state index in [0.29, 0.717) is 0 Å². The lowest BCUT2D eigenvalue weighted by atomic mass is 10.2. The van der Waals surface area contributed by atoms with Gasteiger partial charge in [-0.2, -0.15) is 0 Å². The molecule has 1 rings (SSSR count). The minimum Gasteiger partial charge on any atom is -0.0776 e. The Morgan fingerprint density at radius 2 is 0.857 bits per heavy atom. The third-order valence-corrected chi connectivity index (χ3v) is 22.3. The molecular formula is C12H24Si2. The summed E-state index contributed by atoms with van der Waals surface area (Å²) in [6, 6.07) is 0. The minimum atomic E-state index is -1.04. The van der Waals surface area contributed by atoms with Crippen LogP contribution in [0.3, 0.4) is 0 Å². The van der Waals surface area contributed by atoms with Gasteiger partial charge in [0.2, 0.25) is 0 Å². The third-order valence-electron chi connectivity index (χ3n) is 4.06. The zero-order chi connectivity index (χ0) is 11.3. The molecule has 0 amide bonds. The van der Waals surface area contributed by atoms with Crippen LogP contribution < -0.4 is 0 Å². The Hall–Kier alpha value is -0.0862. The molecule has 0 aromatic carbocycles. The van der Waals surface area contributed by atoms with Crippen LogP contribution in [-0.2, 0) is 0 Å². The van der Waals surface area contributed by atoms with Gasteiger partial charge >= 0.3 is 0 Å². The topological polar surface area (TPSA) is 0 Å². The molecule has 0 saturated carbocycles. The molecule has 0 aliphatic carbocycles. The van der Waals surface area contributed by atoms with E-state index in [1.807, 2.05) is 0 Å². The monoisotopic (exact) mass is 224 g/mol. The van der Waals surface area contributed by atoms with E-state index in [-0.39, 0.29) is 0 Å². The van der Waals surface area contributed by atoms with Gasteiger partial charge in [-0.1, -0.05) is 47.7 Å². The Morgan fingerprint density at radius 3 is 1.00 bits per heavy atom. The molecular weight excluding hydrogens is 200 g/mol. The summed E-state index contributed by atoms with van der Waals surface area (Å²) in [5.41, 5.74) is 3.15. The highest BCUT2D eigenvalue weighted by Crippen LogP contribution is 2.50. The summed E-state index contributed by atoms with van der Waals surface area (Å²) in [6.07, 6.45) is 0. The number of hydrogen-bond donors (Lipinski definition) is 0. The van der Waals surface area contributed by atoms with E-state index < -0.39 is 15.2 Å². The van der Waals surface area contributed by atoms with Gasteiger partial charge in [0.25, 0.3) is 0 Å². The lowest BCUT2D eigenvalue weighted by Crippen LogP contribution is -2.69. The first kappa shape index (κ1) is 12.0. The predicted octanol–water partition coefficient (Wildman–Crippen LogP) is 4.25. The summed E-state index contributed by atoms with van der Waals surface area (Å²) in [7, 11) is -2.07. The van der Waals surface area contributed by atoms with Crippen molar-refractivity contribution in [3.63, 3.8) is 0 Å². The molecule has 1 saturated heterocycles. The third kappa shape index (κ3) is 1.31. The van der Waals surface area contributed by atoms with Gasteiger partial charge in [0.05, 0.1) is 15.2 Å². The molecule has 1 aliphatic heterocycles. The fourth-order valence-electron chi connectivity index (χ4n) is 2.94. The van der Waals surface area contributed by atoms with Crippen molar-refractivity contribution in [2.75, 3.05) is 0 Å². The van der Waals surface area contributed by atoms with Crippen molar-refractivity contribution in [3.05, 3.63) is 21.5 Å². The van der Waals surface area contributed by atoms with Gasteiger partial charge in [0.1, 0.15) is 0 Å². The summed E-state index contributed by atoms with van der Waals surface area (Å²) in [6.45, 7) is 19.4. The van der Waals surface area contributed by atoms with Crippen LogP contribution in [0, 0.1) is 0 Å². The molecule has 14 heavy (non-hydrogen) atoms. The van der Waals surface area contributed by atoms with Gasteiger partial charge in [-0.25, -0.2) is 0 Å². The van der Waals surface area contributed by atoms with Crippen LogP contribution >= 0.6 is 0 Å². The van der Waals surface area contributed by atoms with Crippen LogP contribution in [-0.4, -0.2) is 15.2 Å². The van der Waals surface area contributed by atoms with Crippen LogP contribution in [0.25, 0.3) is 0 Å². The standard InChI is InChI=1S/C12H24Si2/c1-9(2)11-12(10(3)4)14(7,8)13(11,5)6/h1-8H3. The zero-order valence-electron chi connectivity index (χ0n) is 11.0. The van der Waals surface area contributed by atoms with E-state index >= 15 is 0 Å². The molecule has 80 valence electrons. The first-order valence-corrected chi connectivity index (χ1v) is 12.5. The molecule has 0 aromatic heterocycles. The molecule has 0 N–H and O–H groups in total. The highest BCUT2D eigenvalue weighted by molar-refractivity contribution is 7.52. The molecule has 2 heteroatoms. The Morgan fingerprint density at radius 1 is 0.643 bits per heavy atom. The van der Waals surface area contributed by atoms with E-state index in [9.17, 15) is 0 Å². The van der Waals surface area contributed by atoms with Gasteiger partial charge in [0.15, 0.2) is 0 Å². The Labute approximate surface area is 90.9 Å². The second-order valence-electron chi connectivity index (χ2n) is 6.00. The van der Waals surface area contributed by atoms with Crippen molar-refractivity contribution < 1.29 is 0 Å². The molecule has 1 heterocycles. The lowest BCUT2D eigenvalue weighted by molar-refractivity contribution is 1.26. The second kappa shape index (κ2) is 3.21. The molecule has 0 radical (unpaired) electrons.